The molecule has 0 bridgehead atoms. The first-order valence-corrected chi connectivity index (χ1v) is 11.4. The molecule has 0 saturated carbocycles. The minimum atomic E-state index is -1.20. The summed E-state index contributed by atoms with van der Waals surface area (Å²) < 4.78 is 0. The van der Waals surface area contributed by atoms with E-state index in [1.165, 1.54) is 29.3 Å². The molecule has 0 saturated heterocycles. The lowest BCUT2D eigenvalue weighted by molar-refractivity contribution is -0.112. The number of hydrazone groups is 2. The lowest BCUT2D eigenvalue weighted by Crippen LogP contribution is -2.28. The number of carbonyl (C=O) groups excluding carboxylic acids is 1. The topological polar surface area (TPSA) is 127 Å². The molecule has 0 atom stereocenters. The number of aromatic nitrogens is 1. The zero-order chi connectivity index (χ0) is 26.2. The number of aromatic carboxylic acids is 1. The number of hydrogen-bond donors (Lipinski definition) is 3. The molecule has 4 rings (SSSR count). The fraction of sp³-hybridized carbons (Fsp3) is 0.192. The van der Waals surface area contributed by atoms with Crippen LogP contribution in [0.4, 0.5) is 11.4 Å². The first-order chi connectivity index (χ1) is 17.0. The van der Waals surface area contributed by atoms with Gasteiger partial charge in [0.2, 0.25) is 0 Å². The van der Waals surface area contributed by atoms with Gasteiger partial charge in [-0.05, 0) is 54.3 Å². The molecular weight excluding hydrogens is 482 g/mol. The smallest absolute Gasteiger partial charge is 0.354 e. The monoisotopic (exact) mass is 505 g/mol. The maximum atomic E-state index is 13.0. The van der Waals surface area contributed by atoms with Crippen LogP contribution >= 0.6 is 11.6 Å². The second kappa shape index (κ2) is 9.43. The van der Waals surface area contributed by atoms with E-state index in [0.717, 1.165) is 5.56 Å². The average Bonchev–Trinajstić information content (AvgIpc) is 3.12. The minimum absolute atomic E-state index is 0.0223. The fourth-order valence-corrected chi connectivity index (χ4v) is 3.82. The number of carboxylic acid groups (broad SMARTS) is 1. The average molecular weight is 506 g/mol. The van der Waals surface area contributed by atoms with Crippen LogP contribution in [0.1, 0.15) is 43.7 Å². The largest absolute Gasteiger partial charge is 0.505 e. The van der Waals surface area contributed by atoms with E-state index in [1.807, 2.05) is 24.3 Å². The molecule has 9 nitrogen and oxygen atoms in total. The number of phenols is 1. The number of nitrogens with one attached hydrogen (secondary N) is 1. The Kier molecular flexibility index (Phi) is 6.51. The number of amides is 1. The summed E-state index contributed by atoms with van der Waals surface area (Å²) in [4.78, 5) is 28.4. The summed E-state index contributed by atoms with van der Waals surface area (Å²) in [6.45, 7) is 7.98. The molecule has 36 heavy (non-hydrogen) atoms. The molecule has 3 N–H and O–H groups in total. The summed E-state index contributed by atoms with van der Waals surface area (Å²) >= 11 is 6.23. The van der Waals surface area contributed by atoms with Crippen molar-refractivity contribution in [1.82, 2.24) is 4.98 Å². The highest BCUT2D eigenvalue weighted by Crippen LogP contribution is 2.38. The predicted molar refractivity (Wildman–Crippen MR) is 140 cm³/mol. The minimum Gasteiger partial charge on any atom is -0.505 e. The van der Waals surface area contributed by atoms with Gasteiger partial charge in [0.05, 0.1) is 17.1 Å². The highest BCUT2D eigenvalue weighted by Gasteiger charge is 2.31. The van der Waals surface area contributed by atoms with Crippen molar-refractivity contribution in [2.75, 3.05) is 10.4 Å². The van der Waals surface area contributed by atoms with Crippen LogP contribution in [-0.2, 0) is 10.2 Å². The molecule has 0 spiro atoms. The second-order valence-corrected chi connectivity index (χ2v) is 9.67. The summed E-state index contributed by atoms with van der Waals surface area (Å²) in [5.41, 5.74) is 5.22. The Morgan fingerprint density at radius 2 is 1.81 bits per heavy atom. The van der Waals surface area contributed by atoms with Crippen molar-refractivity contribution in [1.29, 1.82) is 0 Å². The number of benzene rings is 2. The third-order valence-corrected chi connectivity index (χ3v) is 5.79. The van der Waals surface area contributed by atoms with Gasteiger partial charge >= 0.3 is 11.9 Å². The Morgan fingerprint density at radius 1 is 1.11 bits per heavy atom. The van der Waals surface area contributed by atoms with Crippen LogP contribution in [0.25, 0.3) is 11.3 Å². The third kappa shape index (κ3) is 4.92. The van der Waals surface area contributed by atoms with Crippen molar-refractivity contribution in [3.8, 4) is 17.0 Å². The lowest BCUT2D eigenvalue weighted by Gasteiger charge is -2.20. The Balaban J connectivity index is 1.61. The maximum Gasteiger partial charge on any atom is 0.354 e. The van der Waals surface area contributed by atoms with Crippen molar-refractivity contribution < 1.29 is 19.8 Å². The van der Waals surface area contributed by atoms with Gasteiger partial charge in [-0.2, -0.15) is 15.2 Å². The van der Waals surface area contributed by atoms with Crippen LogP contribution < -0.4 is 10.4 Å². The van der Waals surface area contributed by atoms with E-state index in [4.69, 9.17) is 11.6 Å². The summed E-state index contributed by atoms with van der Waals surface area (Å²) in [7, 11) is 0. The highest BCUT2D eigenvalue weighted by atomic mass is 35.5. The van der Waals surface area contributed by atoms with Crippen LogP contribution in [0.3, 0.4) is 0 Å². The SMILES string of the molecule is CC1=NN(c2ccc(C(C)(C)C)cc2)C(=O)C1=NNc1cc(Cl)cc(-c2cccc(C(=O)O)n2)c1O. The summed E-state index contributed by atoms with van der Waals surface area (Å²) in [5.74, 6) is -1.88. The molecule has 2 heterocycles. The molecule has 1 aliphatic heterocycles. The molecule has 10 heteroatoms. The zero-order valence-electron chi connectivity index (χ0n) is 20.1. The van der Waals surface area contributed by atoms with Gasteiger partial charge < -0.3 is 10.2 Å². The van der Waals surface area contributed by atoms with Crippen LogP contribution in [0.5, 0.6) is 5.75 Å². The molecule has 2 aromatic carbocycles. The van der Waals surface area contributed by atoms with Crippen molar-refractivity contribution in [2.45, 2.75) is 33.1 Å². The van der Waals surface area contributed by atoms with E-state index in [1.54, 1.807) is 13.0 Å². The van der Waals surface area contributed by atoms with Gasteiger partial charge in [-0.25, -0.2) is 9.78 Å². The first-order valence-electron chi connectivity index (χ1n) is 11.0. The van der Waals surface area contributed by atoms with Crippen LogP contribution in [0, 0.1) is 0 Å². The molecule has 1 aliphatic rings. The summed E-state index contributed by atoms with van der Waals surface area (Å²) in [6.07, 6.45) is 0. The number of carbonyl (C=O) groups is 2. The lowest BCUT2D eigenvalue weighted by atomic mass is 9.87. The van der Waals surface area contributed by atoms with Crippen molar-refractivity contribution in [3.05, 3.63) is 70.9 Å². The number of hydrogen-bond acceptors (Lipinski definition) is 7. The second-order valence-electron chi connectivity index (χ2n) is 9.23. The third-order valence-electron chi connectivity index (χ3n) is 5.57. The normalized spacial score (nSPS) is 14.8. The van der Waals surface area contributed by atoms with Crippen LogP contribution in [0.15, 0.2) is 64.8 Å². The number of halogens is 1. The number of phenolic OH excluding ortho intramolecular Hbond substituents is 1. The quantitative estimate of drug-likeness (QED) is 0.319. The van der Waals surface area contributed by atoms with Crippen molar-refractivity contribution in [2.24, 2.45) is 10.2 Å². The van der Waals surface area contributed by atoms with E-state index in [-0.39, 0.29) is 44.5 Å². The molecule has 184 valence electrons. The summed E-state index contributed by atoms with van der Waals surface area (Å²) in [5, 5.41) is 30.1. The van der Waals surface area contributed by atoms with E-state index >= 15 is 0 Å². The Labute approximate surface area is 212 Å². The van der Waals surface area contributed by atoms with Gasteiger partial charge in [0.1, 0.15) is 17.1 Å². The van der Waals surface area contributed by atoms with Gasteiger partial charge in [0.15, 0.2) is 5.71 Å². The van der Waals surface area contributed by atoms with Crippen molar-refractivity contribution in [3.63, 3.8) is 0 Å². The number of carboxylic acids is 1. The van der Waals surface area contributed by atoms with Gasteiger partial charge in [0.25, 0.3) is 0 Å². The first kappa shape index (κ1) is 24.9. The number of pyridine rings is 1. The van der Waals surface area contributed by atoms with Crippen molar-refractivity contribution >= 4 is 46.3 Å². The number of nitrogens with zero attached hydrogens (tertiary/aromatic N) is 4. The molecule has 0 aliphatic carbocycles. The standard InChI is InChI=1S/C26H24ClN5O4/c1-14-22(24(34)32(31-14)17-10-8-15(9-11-17)26(2,3)4)30-29-21-13-16(27)12-18(23(21)33)19-6-5-7-20(28-19)25(35)36/h5-13,29,33H,1-4H3,(H,35,36). The molecule has 3 aromatic rings. The zero-order valence-corrected chi connectivity index (χ0v) is 20.8. The van der Waals surface area contributed by atoms with E-state index in [9.17, 15) is 19.8 Å². The summed E-state index contributed by atoms with van der Waals surface area (Å²) in [6, 6.07) is 14.9. The van der Waals surface area contributed by atoms with Crippen LogP contribution in [-0.4, -0.2) is 38.5 Å². The molecule has 0 unspecified atom stereocenters. The Bertz CT molecular complexity index is 1430. The number of rotatable bonds is 5. The maximum absolute atomic E-state index is 13.0. The number of aromatic hydroxyl groups is 1. The molecule has 0 fully saturated rings. The Hall–Kier alpha value is -4.24. The van der Waals surface area contributed by atoms with Gasteiger partial charge in [-0.3, -0.25) is 10.2 Å². The number of anilines is 2. The predicted octanol–water partition coefficient (Wildman–Crippen LogP) is 5.29. The Morgan fingerprint density at radius 3 is 2.44 bits per heavy atom. The molecular formula is C26H24ClN5O4. The van der Waals surface area contributed by atoms with Gasteiger partial charge in [-0.1, -0.05) is 50.6 Å². The van der Waals surface area contributed by atoms with E-state index in [0.29, 0.717) is 11.4 Å². The highest BCUT2D eigenvalue weighted by molar-refractivity contribution is 6.71. The molecule has 0 radical (unpaired) electrons. The van der Waals surface area contributed by atoms with Gasteiger partial charge in [-0.15, -0.1) is 0 Å². The van der Waals surface area contributed by atoms with Crippen LogP contribution in [0.2, 0.25) is 5.02 Å². The molecule has 1 aromatic heterocycles. The van der Waals surface area contributed by atoms with Gasteiger partial charge in [0, 0.05) is 10.6 Å². The molecule has 1 amide bonds. The van der Waals surface area contributed by atoms with E-state index < -0.39 is 11.9 Å². The van der Waals surface area contributed by atoms with E-state index in [2.05, 4.69) is 41.4 Å². The fourth-order valence-electron chi connectivity index (χ4n) is 3.60.